The number of nitrogens with zero attached hydrogens (tertiary/aromatic N) is 2. The second-order valence-corrected chi connectivity index (χ2v) is 3.01. The number of nitriles is 1. The van der Waals surface area contributed by atoms with E-state index in [9.17, 15) is 14.6 Å². The van der Waals surface area contributed by atoms with Gasteiger partial charge in [-0.3, -0.25) is 0 Å². The van der Waals surface area contributed by atoms with Crippen LogP contribution in [0.1, 0.15) is 18.1 Å². The fourth-order valence-corrected chi connectivity index (χ4v) is 1.05. The molecule has 2 unspecified atom stereocenters. The minimum atomic E-state index is -1.34. The van der Waals surface area contributed by atoms with Crippen LogP contribution in [0.25, 0.3) is 0 Å². The van der Waals surface area contributed by atoms with Gasteiger partial charge < -0.3 is 15.9 Å². The second-order valence-electron chi connectivity index (χ2n) is 3.01. The van der Waals surface area contributed by atoms with Crippen molar-refractivity contribution in [2.24, 2.45) is 0 Å². The van der Waals surface area contributed by atoms with Crippen molar-refractivity contribution in [3.8, 4) is 6.07 Å². The molecule has 0 amide bonds. The molecule has 6 heteroatoms. The van der Waals surface area contributed by atoms with Gasteiger partial charge in [0.2, 0.25) is 0 Å². The minimum absolute atomic E-state index is 0.0875. The smallest absolute Gasteiger partial charge is 0.165 e. The maximum atomic E-state index is 12.9. The molecule has 5 nitrogen and oxygen atoms in total. The minimum Gasteiger partial charge on any atom is -0.389 e. The zero-order valence-electron chi connectivity index (χ0n) is 7.76. The summed E-state index contributed by atoms with van der Waals surface area (Å²) >= 11 is 0. The molecular formula is C9H10FN3O2. The number of aromatic nitrogens is 1. The third-order valence-electron chi connectivity index (χ3n) is 1.90. The summed E-state index contributed by atoms with van der Waals surface area (Å²) in [6, 6.07) is 2.68. The first kappa shape index (κ1) is 11.4. The van der Waals surface area contributed by atoms with Crippen molar-refractivity contribution < 1.29 is 14.6 Å². The average molecular weight is 211 g/mol. The Hall–Kier alpha value is -1.71. The summed E-state index contributed by atoms with van der Waals surface area (Å²) in [5, 5.41) is 27.1. The number of nitrogens with two attached hydrogens (primary N) is 1. The summed E-state index contributed by atoms with van der Waals surface area (Å²) in [4.78, 5) is 3.49. The summed E-state index contributed by atoms with van der Waals surface area (Å²) in [5.74, 6) is -1.04. The zero-order valence-corrected chi connectivity index (χ0v) is 7.76. The molecule has 0 fully saturated rings. The summed E-state index contributed by atoms with van der Waals surface area (Å²) < 4.78 is 12.9. The molecule has 4 N–H and O–H groups in total. The van der Waals surface area contributed by atoms with E-state index >= 15 is 0 Å². The number of hydrogen-bond acceptors (Lipinski definition) is 5. The molecule has 0 radical (unpaired) electrons. The lowest BCUT2D eigenvalue weighted by Crippen LogP contribution is -2.18. The molecule has 80 valence electrons. The number of nitrogen functional groups attached to an aromatic ring is 1. The molecule has 1 aromatic heterocycles. The zero-order chi connectivity index (χ0) is 11.4. The van der Waals surface area contributed by atoms with Crippen molar-refractivity contribution in [1.29, 1.82) is 5.26 Å². The predicted octanol–water partition coefficient (Wildman–Crippen LogP) is 0.111. The van der Waals surface area contributed by atoms with E-state index in [0.717, 1.165) is 12.3 Å². The summed E-state index contributed by atoms with van der Waals surface area (Å²) in [6.45, 7) is 0. The number of aliphatic hydroxyl groups is 2. The molecule has 0 aromatic carbocycles. The molecular weight excluding hydrogens is 201 g/mol. The standard InChI is InChI=1S/C9H10FN3O2/c10-6-3-5(4-13-9(6)12)8(15)7(14)1-2-11/h3-4,7-8,14-15H,1H2,(H2,12,13). The first-order chi connectivity index (χ1) is 7.06. The average Bonchev–Trinajstić information content (AvgIpc) is 2.21. The van der Waals surface area contributed by atoms with Gasteiger partial charge in [-0.05, 0) is 6.07 Å². The number of anilines is 1. The molecule has 1 heterocycles. The van der Waals surface area contributed by atoms with Gasteiger partial charge in [0.15, 0.2) is 11.6 Å². The van der Waals surface area contributed by atoms with Crippen LogP contribution in [0.2, 0.25) is 0 Å². The largest absolute Gasteiger partial charge is 0.389 e. The van der Waals surface area contributed by atoms with Gasteiger partial charge in [-0.15, -0.1) is 0 Å². The molecule has 1 rings (SSSR count). The maximum absolute atomic E-state index is 12.9. The van der Waals surface area contributed by atoms with Crippen LogP contribution in [-0.2, 0) is 0 Å². The van der Waals surface area contributed by atoms with Gasteiger partial charge in [-0.1, -0.05) is 0 Å². The van der Waals surface area contributed by atoms with E-state index in [0.29, 0.717) is 0 Å². The fourth-order valence-electron chi connectivity index (χ4n) is 1.05. The van der Waals surface area contributed by atoms with Crippen molar-refractivity contribution >= 4 is 5.82 Å². The van der Waals surface area contributed by atoms with Crippen molar-refractivity contribution in [3.63, 3.8) is 0 Å². The molecule has 1 aromatic rings. The molecule has 15 heavy (non-hydrogen) atoms. The molecule has 0 aliphatic carbocycles. The lowest BCUT2D eigenvalue weighted by molar-refractivity contribution is 0.0213. The maximum Gasteiger partial charge on any atom is 0.165 e. The van der Waals surface area contributed by atoms with Crippen LogP contribution in [0.4, 0.5) is 10.2 Å². The Kier molecular flexibility index (Phi) is 3.55. The highest BCUT2D eigenvalue weighted by Crippen LogP contribution is 2.20. The van der Waals surface area contributed by atoms with Crippen molar-refractivity contribution in [3.05, 3.63) is 23.6 Å². The predicted molar refractivity (Wildman–Crippen MR) is 49.8 cm³/mol. The van der Waals surface area contributed by atoms with Gasteiger partial charge in [-0.25, -0.2) is 9.37 Å². The fraction of sp³-hybridized carbons (Fsp3) is 0.333. The van der Waals surface area contributed by atoms with E-state index in [1.807, 2.05) is 0 Å². The van der Waals surface area contributed by atoms with E-state index in [-0.39, 0.29) is 17.8 Å². The monoisotopic (exact) mass is 211 g/mol. The number of pyridine rings is 1. The first-order valence-corrected chi connectivity index (χ1v) is 4.20. The van der Waals surface area contributed by atoms with E-state index < -0.39 is 18.0 Å². The first-order valence-electron chi connectivity index (χ1n) is 4.20. The van der Waals surface area contributed by atoms with E-state index in [1.54, 1.807) is 6.07 Å². The third kappa shape index (κ3) is 2.62. The number of halogens is 1. The summed E-state index contributed by atoms with van der Waals surface area (Å²) in [6.07, 6.45) is -1.69. The SMILES string of the molecule is N#CCC(O)C(O)c1cnc(N)c(F)c1. The lowest BCUT2D eigenvalue weighted by atomic mass is 10.0. The van der Waals surface area contributed by atoms with Crippen LogP contribution in [0, 0.1) is 17.1 Å². The molecule has 0 saturated heterocycles. The van der Waals surface area contributed by atoms with Crippen LogP contribution in [0.3, 0.4) is 0 Å². The van der Waals surface area contributed by atoms with Crippen molar-refractivity contribution in [2.75, 3.05) is 5.73 Å². The van der Waals surface area contributed by atoms with Crippen molar-refractivity contribution in [2.45, 2.75) is 18.6 Å². The van der Waals surface area contributed by atoms with E-state index in [4.69, 9.17) is 11.0 Å². The Labute approximate surface area is 85.6 Å². The van der Waals surface area contributed by atoms with Crippen molar-refractivity contribution in [1.82, 2.24) is 4.98 Å². The van der Waals surface area contributed by atoms with E-state index in [2.05, 4.69) is 4.98 Å². The Balaban J connectivity index is 2.87. The third-order valence-corrected chi connectivity index (χ3v) is 1.90. The van der Waals surface area contributed by atoms with Crippen LogP contribution in [-0.4, -0.2) is 21.3 Å². The summed E-state index contributed by atoms with van der Waals surface area (Å²) in [5.41, 5.74) is 5.23. The number of rotatable bonds is 3. The highest BCUT2D eigenvalue weighted by molar-refractivity contribution is 5.32. The molecule has 0 spiro atoms. The Bertz CT molecular complexity index is 391. The van der Waals surface area contributed by atoms with Gasteiger partial charge in [0.1, 0.15) is 6.10 Å². The van der Waals surface area contributed by atoms with Gasteiger partial charge in [-0.2, -0.15) is 5.26 Å². The van der Waals surface area contributed by atoms with Gasteiger partial charge >= 0.3 is 0 Å². The van der Waals surface area contributed by atoms with Crippen LogP contribution < -0.4 is 5.73 Å². The van der Waals surface area contributed by atoms with E-state index in [1.165, 1.54) is 0 Å². The topological polar surface area (TPSA) is 103 Å². The van der Waals surface area contributed by atoms with Gasteiger partial charge in [0.25, 0.3) is 0 Å². The Morgan fingerprint density at radius 3 is 2.80 bits per heavy atom. The highest BCUT2D eigenvalue weighted by Gasteiger charge is 2.19. The normalized spacial score (nSPS) is 14.3. The number of hydrogen-bond donors (Lipinski definition) is 3. The number of aliphatic hydroxyl groups excluding tert-OH is 2. The van der Waals surface area contributed by atoms with Crippen LogP contribution in [0.15, 0.2) is 12.3 Å². The second kappa shape index (κ2) is 4.68. The lowest BCUT2D eigenvalue weighted by Gasteiger charge is -2.15. The Morgan fingerprint density at radius 2 is 2.27 bits per heavy atom. The van der Waals surface area contributed by atoms with Gasteiger partial charge in [0, 0.05) is 11.8 Å². The summed E-state index contributed by atoms with van der Waals surface area (Å²) in [7, 11) is 0. The molecule has 0 aliphatic heterocycles. The van der Waals surface area contributed by atoms with Crippen LogP contribution >= 0.6 is 0 Å². The van der Waals surface area contributed by atoms with Crippen LogP contribution in [0.5, 0.6) is 0 Å². The molecule has 0 saturated carbocycles. The molecule has 0 aliphatic rings. The quantitative estimate of drug-likeness (QED) is 0.658. The molecule has 0 bridgehead atoms. The van der Waals surface area contributed by atoms with Gasteiger partial charge in [0.05, 0.1) is 18.6 Å². The highest BCUT2D eigenvalue weighted by atomic mass is 19.1. The molecule has 2 atom stereocenters. The Morgan fingerprint density at radius 1 is 1.60 bits per heavy atom.